The highest BCUT2D eigenvalue weighted by atomic mass is 16.2. The molecule has 0 radical (unpaired) electrons. The fourth-order valence-corrected chi connectivity index (χ4v) is 4.30. The number of hydrogen-bond donors (Lipinski definition) is 0. The predicted molar refractivity (Wildman–Crippen MR) is 106 cm³/mol. The summed E-state index contributed by atoms with van der Waals surface area (Å²) in [7, 11) is 0. The average Bonchev–Trinajstić information content (AvgIpc) is 2.92. The highest BCUT2D eigenvalue weighted by Gasteiger charge is 2.35. The molecule has 0 fully saturated rings. The van der Waals surface area contributed by atoms with Crippen LogP contribution in [0.2, 0.25) is 0 Å². The Labute approximate surface area is 151 Å². The number of rotatable bonds is 1. The van der Waals surface area contributed by atoms with Gasteiger partial charge in [0.15, 0.2) is 0 Å². The van der Waals surface area contributed by atoms with Crippen molar-refractivity contribution in [2.45, 2.75) is 68.7 Å². The molecule has 2 aromatic rings. The van der Waals surface area contributed by atoms with E-state index >= 15 is 0 Å². The van der Waals surface area contributed by atoms with Crippen LogP contribution in [0.3, 0.4) is 0 Å². The highest BCUT2D eigenvalue weighted by molar-refractivity contribution is 6.10. The van der Waals surface area contributed by atoms with Crippen LogP contribution < -0.4 is 4.90 Å². The number of amides is 1. The first-order valence-corrected chi connectivity index (χ1v) is 9.08. The summed E-state index contributed by atoms with van der Waals surface area (Å²) in [5.41, 5.74) is 14.9. The van der Waals surface area contributed by atoms with Gasteiger partial charge in [-0.2, -0.15) is 0 Å². The van der Waals surface area contributed by atoms with Crippen LogP contribution in [0.5, 0.6) is 0 Å². The first-order valence-electron chi connectivity index (χ1n) is 9.08. The molecule has 0 saturated heterocycles. The molecule has 0 N–H and O–H groups in total. The zero-order valence-corrected chi connectivity index (χ0v) is 17.1. The average molecular weight is 335 g/mol. The van der Waals surface area contributed by atoms with Crippen LogP contribution in [0.1, 0.15) is 55.6 Å². The minimum Gasteiger partial charge on any atom is -0.280 e. The van der Waals surface area contributed by atoms with Gasteiger partial charge in [-0.25, -0.2) is 0 Å². The summed E-state index contributed by atoms with van der Waals surface area (Å²) < 4.78 is 0. The number of nitrogens with zero attached hydrogens (tertiary/aromatic N) is 1. The molecule has 1 heterocycles. The van der Waals surface area contributed by atoms with Gasteiger partial charge in [-0.1, -0.05) is 0 Å². The van der Waals surface area contributed by atoms with Crippen LogP contribution in [0.25, 0.3) is 0 Å². The van der Waals surface area contributed by atoms with Crippen LogP contribution in [-0.4, -0.2) is 5.91 Å². The second-order valence-electron chi connectivity index (χ2n) is 7.71. The van der Waals surface area contributed by atoms with Gasteiger partial charge in [-0.3, -0.25) is 9.69 Å². The van der Waals surface area contributed by atoms with Crippen molar-refractivity contribution in [1.82, 2.24) is 0 Å². The van der Waals surface area contributed by atoms with Gasteiger partial charge >= 0.3 is 0 Å². The minimum absolute atomic E-state index is 0.194. The molecule has 2 heteroatoms. The van der Waals surface area contributed by atoms with Gasteiger partial charge in [0.05, 0.1) is 17.8 Å². The van der Waals surface area contributed by atoms with Crippen molar-refractivity contribution >= 4 is 17.3 Å². The molecular formula is C23H29NO. The van der Waals surface area contributed by atoms with E-state index in [0.29, 0.717) is 6.42 Å². The van der Waals surface area contributed by atoms with Gasteiger partial charge in [-0.05, 0) is 118 Å². The first kappa shape index (κ1) is 17.7. The third-order valence-corrected chi connectivity index (χ3v) is 6.77. The van der Waals surface area contributed by atoms with Crippen molar-refractivity contribution in [2.24, 2.45) is 0 Å². The maximum Gasteiger partial charge on any atom is 0.236 e. The van der Waals surface area contributed by atoms with Gasteiger partial charge in [0.25, 0.3) is 0 Å². The van der Waals surface area contributed by atoms with Crippen molar-refractivity contribution in [3.8, 4) is 0 Å². The van der Waals surface area contributed by atoms with E-state index in [1.165, 1.54) is 55.6 Å². The number of fused-ring (bicyclic) bond motifs is 1. The molecule has 2 aromatic carbocycles. The zero-order chi connectivity index (χ0) is 18.8. The Balaban J connectivity index is 2.40. The first-order chi connectivity index (χ1) is 11.6. The number of benzene rings is 2. The smallest absolute Gasteiger partial charge is 0.236 e. The summed E-state index contributed by atoms with van der Waals surface area (Å²) in [6.07, 6.45) is 0.508. The number of hydrogen-bond acceptors (Lipinski definition) is 1. The Morgan fingerprint density at radius 1 is 0.520 bits per heavy atom. The summed E-state index contributed by atoms with van der Waals surface area (Å²) in [6.45, 7) is 19.5. The molecule has 1 aliphatic rings. The van der Waals surface area contributed by atoms with Gasteiger partial charge < -0.3 is 0 Å². The molecule has 0 unspecified atom stereocenters. The molecule has 3 rings (SSSR count). The van der Waals surface area contributed by atoms with Crippen molar-refractivity contribution in [3.63, 3.8) is 0 Å². The van der Waals surface area contributed by atoms with Gasteiger partial charge in [-0.15, -0.1) is 0 Å². The quantitative estimate of drug-likeness (QED) is 0.656. The van der Waals surface area contributed by atoms with Crippen molar-refractivity contribution < 1.29 is 4.79 Å². The lowest BCUT2D eigenvalue weighted by Crippen LogP contribution is -2.24. The monoisotopic (exact) mass is 335 g/mol. The summed E-state index contributed by atoms with van der Waals surface area (Å²) in [6, 6.07) is 0. The van der Waals surface area contributed by atoms with E-state index in [1.807, 2.05) is 4.90 Å². The van der Waals surface area contributed by atoms with Crippen LogP contribution in [0.15, 0.2) is 0 Å². The second-order valence-corrected chi connectivity index (χ2v) is 7.71. The lowest BCUT2D eigenvalue weighted by atomic mass is 9.90. The Kier molecular flexibility index (Phi) is 4.06. The van der Waals surface area contributed by atoms with Crippen LogP contribution >= 0.6 is 0 Å². The van der Waals surface area contributed by atoms with E-state index in [-0.39, 0.29) is 5.91 Å². The SMILES string of the molecule is Cc1c(C)c(C)c(N2C(=O)Cc3c(C)c(C)c(C)c(C)c32)c(C)c1C. The number of carbonyl (C=O) groups excluding carboxylic acids is 1. The zero-order valence-electron chi connectivity index (χ0n) is 17.1. The lowest BCUT2D eigenvalue weighted by Gasteiger charge is -2.28. The van der Waals surface area contributed by atoms with E-state index in [2.05, 4.69) is 62.3 Å². The molecule has 0 atom stereocenters. The number of anilines is 2. The van der Waals surface area contributed by atoms with Crippen LogP contribution in [-0.2, 0) is 11.2 Å². The third-order valence-electron chi connectivity index (χ3n) is 6.77. The fourth-order valence-electron chi connectivity index (χ4n) is 4.30. The van der Waals surface area contributed by atoms with Crippen LogP contribution in [0, 0.1) is 62.3 Å². The van der Waals surface area contributed by atoms with E-state index in [1.54, 1.807) is 0 Å². The maximum absolute atomic E-state index is 13.1. The summed E-state index contributed by atoms with van der Waals surface area (Å²) in [4.78, 5) is 15.1. The molecular weight excluding hydrogens is 306 g/mol. The number of carbonyl (C=O) groups is 1. The van der Waals surface area contributed by atoms with Gasteiger partial charge in [0.2, 0.25) is 5.91 Å². The molecule has 1 aliphatic heterocycles. The maximum atomic E-state index is 13.1. The topological polar surface area (TPSA) is 20.3 Å². The minimum atomic E-state index is 0.194. The summed E-state index contributed by atoms with van der Waals surface area (Å²) in [5.74, 6) is 0.194. The Bertz CT molecular complexity index is 905. The summed E-state index contributed by atoms with van der Waals surface area (Å²) >= 11 is 0. The predicted octanol–water partition coefficient (Wildman–Crippen LogP) is 5.68. The summed E-state index contributed by atoms with van der Waals surface area (Å²) in [5, 5.41) is 0. The molecule has 0 saturated carbocycles. The third kappa shape index (κ3) is 2.27. The van der Waals surface area contributed by atoms with Gasteiger partial charge in [0, 0.05) is 0 Å². The van der Waals surface area contributed by atoms with Crippen molar-refractivity contribution in [2.75, 3.05) is 4.90 Å². The molecule has 132 valence electrons. The molecule has 25 heavy (non-hydrogen) atoms. The molecule has 0 aliphatic carbocycles. The second kappa shape index (κ2) is 5.72. The Morgan fingerprint density at radius 2 is 0.880 bits per heavy atom. The Morgan fingerprint density at radius 3 is 1.36 bits per heavy atom. The largest absolute Gasteiger partial charge is 0.280 e. The normalized spacial score (nSPS) is 13.6. The molecule has 0 bridgehead atoms. The lowest BCUT2D eigenvalue weighted by molar-refractivity contribution is -0.116. The van der Waals surface area contributed by atoms with E-state index in [4.69, 9.17) is 0 Å². The highest BCUT2D eigenvalue weighted by Crippen LogP contribution is 2.45. The molecule has 0 spiro atoms. The van der Waals surface area contributed by atoms with E-state index in [9.17, 15) is 4.79 Å². The standard InChI is InChI=1S/C23H29NO/c1-11-13(3)17(7)22(18(8)14(11)4)24-21(25)10-20-16(6)12(2)15(5)19(9)23(20)24/h10H2,1-9H3. The van der Waals surface area contributed by atoms with Crippen molar-refractivity contribution in [1.29, 1.82) is 0 Å². The molecule has 1 amide bonds. The van der Waals surface area contributed by atoms with E-state index in [0.717, 1.165) is 11.4 Å². The van der Waals surface area contributed by atoms with Gasteiger partial charge in [0.1, 0.15) is 0 Å². The van der Waals surface area contributed by atoms with Crippen molar-refractivity contribution in [3.05, 3.63) is 55.6 Å². The Hall–Kier alpha value is -2.09. The molecule has 0 aromatic heterocycles. The fraction of sp³-hybridized carbons (Fsp3) is 0.435. The van der Waals surface area contributed by atoms with Crippen LogP contribution in [0.4, 0.5) is 11.4 Å². The molecule has 2 nitrogen and oxygen atoms in total. The van der Waals surface area contributed by atoms with E-state index < -0.39 is 0 Å².